The van der Waals surface area contributed by atoms with Gasteiger partial charge >= 0.3 is 0 Å². The molecule has 1 aromatic rings. The monoisotopic (exact) mass is 336 g/mol. The first kappa shape index (κ1) is 18.4. The molecular formula is C14H22ClFN2O2S. The molecule has 1 saturated carbocycles. The lowest BCUT2D eigenvalue weighted by molar-refractivity contribution is 0.296. The number of rotatable bonds is 5. The number of sulfonamides is 1. The zero-order chi connectivity index (χ0) is 14.6. The summed E-state index contributed by atoms with van der Waals surface area (Å²) in [6, 6.07) is 5.83. The van der Waals surface area contributed by atoms with Crippen LogP contribution in [0.5, 0.6) is 0 Å². The minimum Gasteiger partial charge on any atom is -0.330 e. The zero-order valence-corrected chi connectivity index (χ0v) is 13.4. The number of nitrogens with one attached hydrogen (secondary N) is 1. The minimum atomic E-state index is -3.55. The average Bonchev–Trinajstić information content (AvgIpc) is 2.41. The van der Waals surface area contributed by atoms with Crippen LogP contribution in [0.15, 0.2) is 24.3 Å². The van der Waals surface area contributed by atoms with E-state index in [1.54, 1.807) is 12.1 Å². The van der Waals surface area contributed by atoms with Crippen LogP contribution in [0, 0.1) is 11.7 Å². The third-order valence-corrected chi connectivity index (χ3v) is 5.20. The molecule has 3 N–H and O–H groups in total. The first-order chi connectivity index (χ1) is 9.52. The van der Waals surface area contributed by atoms with E-state index >= 15 is 0 Å². The van der Waals surface area contributed by atoms with E-state index in [0.29, 0.717) is 6.54 Å². The minimum absolute atomic E-state index is 0. The lowest BCUT2D eigenvalue weighted by Crippen LogP contribution is -2.45. The largest absolute Gasteiger partial charge is 0.330 e. The van der Waals surface area contributed by atoms with Gasteiger partial charge in [0.05, 0.1) is 5.75 Å². The molecular weight excluding hydrogens is 315 g/mol. The Morgan fingerprint density at radius 1 is 1.24 bits per heavy atom. The molecule has 1 aliphatic carbocycles. The summed E-state index contributed by atoms with van der Waals surface area (Å²) in [5, 5.41) is 0. The molecule has 7 heteroatoms. The van der Waals surface area contributed by atoms with Crippen LogP contribution in [0.2, 0.25) is 0 Å². The fourth-order valence-corrected chi connectivity index (χ4v) is 4.24. The molecule has 2 atom stereocenters. The highest BCUT2D eigenvalue weighted by Crippen LogP contribution is 2.24. The summed E-state index contributed by atoms with van der Waals surface area (Å²) in [4.78, 5) is 0. The third kappa shape index (κ3) is 5.21. The molecule has 1 fully saturated rings. The third-order valence-electron chi connectivity index (χ3n) is 3.85. The van der Waals surface area contributed by atoms with Gasteiger partial charge in [-0.25, -0.2) is 17.5 Å². The zero-order valence-electron chi connectivity index (χ0n) is 11.8. The Hall–Kier alpha value is -0.690. The standard InChI is InChI=1S/C14H21FN2O2S.ClH/c15-13-7-3-1-6-12(13)10-20(18,19)17-14-8-4-2-5-11(14)9-16;/h1,3,6-7,11,14,17H,2,4-5,8-10,16H2;1H. The van der Waals surface area contributed by atoms with Crippen molar-refractivity contribution in [3.8, 4) is 0 Å². The summed E-state index contributed by atoms with van der Waals surface area (Å²) in [7, 11) is -3.55. The van der Waals surface area contributed by atoms with Gasteiger partial charge < -0.3 is 5.73 Å². The van der Waals surface area contributed by atoms with Crippen molar-refractivity contribution in [1.82, 2.24) is 4.72 Å². The molecule has 2 rings (SSSR count). The fourth-order valence-electron chi connectivity index (χ4n) is 2.74. The van der Waals surface area contributed by atoms with E-state index in [2.05, 4.69) is 4.72 Å². The van der Waals surface area contributed by atoms with E-state index in [0.717, 1.165) is 25.7 Å². The van der Waals surface area contributed by atoms with Crippen LogP contribution >= 0.6 is 12.4 Å². The van der Waals surface area contributed by atoms with Crippen LogP contribution < -0.4 is 10.5 Å². The Labute approximate surface area is 131 Å². The molecule has 120 valence electrons. The second-order valence-corrected chi connectivity index (χ2v) is 7.11. The Kier molecular flexibility index (Phi) is 7.06. The number of nitrogens with two attached hydrogens (primary N) is 1. The highest BCUT2D eigenvalue weighted by molar-refractivity contribution is 7.88. The number of hydrogen-bond donors (Lipinski definition) is 2. The van der Waals surface area contributed by atoms with Crippen molar-refractivity contribution in [3.05, 3.63) is 35.6 Å². The number of halogens is 2. The molecule has 4 nitrogen and oxygen atoms in total. The highest BCUT2D eigenvalue weighted by Gasteiger charge is 2.28. The molecule has 0 bridgehead atoms. The fraction of sp³-hybridized carbons (Fsp3) is 0.571. The molecule has 0 aliphatic heterocycles. The van der Waals surface area contributed by atoms with Gasteiger partial charge in [-0.05, 0) is 31.4 Å². The van der Waals surface area contributed by atoms with Gasteiger partial charge in [-0.1, -0.05) is 31.0 Å². The van der Waals surface area contributed by atoms with E-state index < -0.39 is 15.8 Å². The molecule has 0 amide bonds. The normalized spacial score (nSPS) is 22.6. The van der Waals surface area contributed by atoms with Crippen LogP contribution in [0.3, 0.4) is 0 Å². The lowest BCUT2D eigenvalue weighted by Gasteiger charge is -2.31. The van der Waals surface area contributed by atoms with E-state index in [1.165, 1.54) is 12.1 Å². The second kappa shape index (κ2) is 8.08. The second-order valence-electron chi connectivity index (χ2n) is 5.36. The summed E-state index contributed by atoms with van der Waals surface area (Å²) in [5.74, 6) is -0.635. The molecule has 0 spiro atoms. The predicted octanol–water partition coefficient (Wildman–Crippen LogP) is 2.18. The average molecular weight is 337 g/mol. The predicted molar refractivity (Wildman–Crippen MR) is 84.2 cm³/mol. The first-order valence-electron chi connectivity index (χ1n) is 6.95. The summed E-state index contributed by atoms with van der Waals surface area (Å²) in [6.07, 6.45) is 3.85. The van der Waals surface area contributed by atoms with Crippen LogP contribution in [0.1, 0.15) is 31.2 Å². The van der Waals surface area contributed by atoms with Gasteiger partial charge in [0.2, 0.25) is 10.0 Å². The van der Waals surface area contributed by atoms with Gasteiger partial charge in [-0.2, -0.15) is 0 Å². The maximum atomic E-state index is 13.5. The van der Waals surface area contributed by atoms with Crippen LogP contribution in [0.25, 0.3) is 0 Å². The van der Waals surface area contributed by atoms with Crippen LogP contribution in [-0.4, -0.2) is 21.0 Å². The van der Waals surface area contributed by atoms with Gasteiger partial charge in [0, 0.05) is 11.6 Å². The van der Waals surface area contributed by atoms with Crippen LogP contribution in [0.4, 0.5) is 4.39 Å². The summed E-state index contributed by atoms with van der Waals surface area (Å²) >= 11 is 0. The van der Waals surface area contributed by atoms with Crippen LogP contribution in [-0.2, 0) is 15.8 Å². The first-order valence-corrected chi connectivity index (χ1v) is 8.60. The van der Waals surface area contributed by atoms with E-state index in [1.807, 2.05) is 0 Å². The van der Waals surface area contributed by atoms with Gasteiger partial charge in [0.1, 0.15) is 5.82 Å². The Morgan fingerprint density at radius 3 is 2.57 bits per heavy atom. The van der Waals surface area contributed by atoms with E-state index in [4.69, 9.17) is 5.73 Å². The Bertz CT molecular complexity index is 554. The summed E-state index contributed by atoms with van der Waals surface area (Å²) < 4.78 is 40.6. The molecule has 1 aromatic carbocycles. The molecule has 0 saturated heterocycles. The highest BCUT2D eigenvalue weighted by atomic mass is 35.5. The molecule has 0 heterocycles. The molecule has 1 aliphatic rings. The molecule has 21 heavy (non-hydrogen) atoms. The molecule has 0 radical (unpaired) electrons. The topological polar surface area (TPSA) is 72.2 Å². The number of hydrogen-bond acceptors (Lipinski definition) is 3. The van der Waals surface area contributed by atoms with Crippen molar-refractivity contribution >= 4 is 22.4 Å². The van der Waals surface area contributed by atoms with Crippen molar-refractivity contribution in [2.75, 3.05) is 6.54 Å². The van der Waals surface area contributed by atoms with E-state index in [-0.39, 0.29) is 35.7 Å². The maximum Gasteiger partial charge on any atom is 0.216 e. The summed E-state index contributed by atoms with van der Waals surface area (Å²) in [6.45, 7) is 0.479. The SMILES string of the molecule is Cl.NCC1CCCCC1NS(=O)(=O)Cc1ccccc1F. The molecule has 0 aromatic heterocycles. The maximum absolute atomic E-state index is 13.5. The number of benzene rings is 1. The lowest BCUT2D eigenvalue weighted by atomic mass is 9.85. The van der Waals surface area contributed by atoms with Crippen molar-refractivity contribution in [2.45, 2.75) is 37.5 Å². The van der Waals surface area contributed by atoms with Gasteiger partial charge in [0.15, 0.2) is 0 Å². The van der Waals surface area contributed by atoms with Crippen molar-refractivity contribution in [1.29, 1.82) is 0 Å². The Balaban J connectivity index is 0.00000220. The van der Waals surface area contributed by atoms with Crippen molar-refractivity contribution in [2.24, 2.45) is 11.7 Å². The smallest absolute Gasteiger partial charge is 0.216 e. The van der Waals surface area contributed by atoms with Gasteiger partial charge in [-0.15, -0.1) is 12.4 Å². The van der Waals surface area contributed by atoms with Gasteiger partial charge in [0.25, 0.3) is 0 Å². The van der Waals surface area contributed by atoms with Crippen molar-refractivity contribution in [3.63, 3.8) is 0 Å². The quantitative estimate of drug-likeness (QED) is 0.865. The summed E-state index contributed by atoms with van der Waals surface area (Å²) in [5.41, 5.74) is 5.89. The van der Waals surface area contributed by atoms with Gasteiger partial charge in [-0.3, -0.25) is 0 Å². The van der Waals surface area contributed by atoms with E-state index in [9.17, 15) is 12.8 Å². The Morgan fingerprint density at radius 2 is 1.90 bits per heavy atom. The van der Waals surface area contributed by atoms with Crippen molar-refractivity contribution < 1.29 is 12.8 Å². The molecule has 2 unspecified atom stereocenters.